The van der Waals surface area contributed by atoms with Crippen LogP contribution in [-0.2, 0) is 9.84 Å². The SMILES string of the molecule is NCC1(S(=O)(=O)c2cccc(Cl)c2)CC1. The second-order valence-electron chi connectivity index (χ2n) is 3.85. The number of sulfone groups is 1. The normalized spacial score (nSPS) is 18.8. The van der Waals surface area contributed by atoms with Crippen molar-refractivity contribution >= 4 is 21.4 Å². The van der Waals surface area contributed by atoms with Crippen molar-refractivity contribution in [3.8, 4) is 0 Å². The van der Waals surface area contributed by atoms with Crippen molar-refractivity contribution in [3.05, 3.63) is 29.3 Å². The molecule has 5 heteroatoms. The van der Waals surface area contributed by atoms with Crippen LogP contribution in [0.25, 0.3) is 0 Å². The van der Waals surface area contributed by atoms with Gasteiger partial charge < -0.3 is 5.73 Å². The van der Waals surface area contributed by atoms with Gasteiger partial charge in [0.2, 0.25) is 0 Å². The van der Waals surface area contributed by atoms with Gasteiger partial charge in [0.15, 0.2) is 9.84 Å². The molecular formula is C10H12ClNO2S. The molecule has 1 aromatic carbocycles. The maximum Gasteiger partial charge on any atom is 0.185 e. The quantitative estimate of drug-likeness (QED) is 0.880. The maximum atomic E-state index is 12.2. The van der Waals surface area contributed by atoms with Gasteiger partial charge in [0, 0.05) is 11.6 Å². The first-order chi connectivity index (χ1) is 7.02. The Hall–Kier alpha value is -0.580. The molecule has 0 atom stereocenters. The summed E-state index contributed by atoms with van der Waals surface area (Å²) < 4.78 is 23.6. The molecule has 0 unspecified atom stereocenters. The standard InChI is InChI=1S/C10H12ClNO2S/c11-8-2-1-3-9(6-8)15(13,14)10(7-12)4-5-10/h1-3,6H,4-5,7,12H2. The number of hydrogen-bond donors (Lipinski definition) is 1. The molecule has 0 heterocycles. The smallest absolute Gasteiger partial charge is 0.185 e. The fraction of sp³-hybridized carbons (Fsp3) is 0.400. The van der Waals surface area contributed by atoms with Crippen molar-refractivity contribution in [1.29, 1.82) is 0 Å². The number of hydrogen-bond acceptors (Lipinski definition) is 3. The highest BCUT2D eigenvalue weighted by atomic mass is 35.5. The predicted octanol–water partition coefficient (Wildman–Crippen LogP) is 1.60. The van der Waals surface area contributed by atoms with Gasteiger partial charge in [-0.2, -0.15) is 0 Å². The van der Waals surface area contributed by atoms with E-state index in [4.69, 9.17) is 17.3 Å². The molecule has 1 aliphatic rings. The van der Waals surface area contributed by atoms with E-state index in [2.05, 4.69) is 0 Å². The summed E-state index contributed by atoms with van der Waals surface area (Å²) in [5.41, 5.74) is 5.52. The van der Waals surface area contributed by atoms with Crippen LogP contribution in [0.4, 0.5) is 0 Å². The van der Waals surface area contributed by atoms with Crippen LogP contribution in [0, 0.1) is 0 Å². The molecule has 1 fully saturated rings. The fourth-order valence-corrected chi connectivity index (χ4v) is 3.76. The summed E-state index contributed by atoms with van der Waals surface area (Å²) in [5, 5.41) is 0.434. The molecule has 82 valence electrons. The first-order valence-electron chi connectivity index (χ1n) is 4.72. The Balaban J connectivity index is 2.47. The lowest BCUT2D eigenvalue weighted by Gasteiger charge is -2.13. The molecule has 0 saturated heterocycles. The average molecular weight is 246 g/mol. The number of rotatable bonds is 3. The molecule has 0 spiro atoms. The second kappa shape index (κ2) is 3.47. The highest BCUT2D eigenvalue weighted by Gasteiger charge is 2.53. The van der Waals surface area contributed by atoms with Crippen molar-refractivity contribution in [2.24, 2.45) is 5.73 Å². The molecule has 0 aliphatic heterocycles. The van der Waals surface area contributed by atoms with Gasteiger partial charge in [-0.05, 0) is 31.0 Å². The molecule has 3 nitrogen and oxygen atoms in total. The third-order valence-electron chi connectivity index (χ3n) is 2.86. The summed E-state index contributed by atoms with van der Waals surface area (Å²) in [4.78, 5) is 0.276. The Morgan fingerprint density at radius 3 is 2.53 bits per heavy atom. The van der Waals surface area contributed by atoms with Crippen LogP contribution < -0.4 is 5.73 Å². The van der Waals surface area contributed by atoms with Crippen LogP contribution in [0.2, 0.25) is 5.02 Å². The summed E-state index contributed by atoms with van der Waals surface area (Å²) in [6.45, 7) is 0.182. The van der Waals surface area contributed by atoms with E-state index in [0.717, 1.165) is 0 Å². The molecule has 1 saturated carbocycles. The topological polar surface area (TPSA) is 60.2 Å². The number of halogens is 1. The Kier molecular flexibility index (Phi) is 2.53. The maximum absolute atomic E-state index is 12.2. The Bertz CT molecular complexity index is 480. The van der Waals surface area contributed by atoms with Crippen LogP contribution in [-0.4, -0.2) is 19.7 Å². The van der Waals surface area contributed by atoms with Crippen LogP contribution in [0.15, 0.2) is 29.2 Å². The lowest BCUT2D eigenvalue weighted by molar-refractivity contribution is 0.577. The summed E-state index contributed by atoms with van der Waals surface area (Å²) in [6.07, 6.45) is 1.30. The minimum Gasteiger partial charge on any atom is -0.329 e. The Labute approximate surface area is 94.2 Å². The van der Waals surface area contributed by atoms with Crippen LogP contribution in [0.1, 0.15) is 12.8 Å². The van der Waals surface area contributed by atoms with Gasteiger partial charge in [-0.1, -0.05) is 17.7 Å². The second-order valence-corrected chi connectivity index (χ2v) is 6.63. The molecular weight excluding hydrogens is 234 g/mol. The third-order valence-corrected chi connectivity index (χ3v) is 5.68. The molecule has 0 aromatic heterocycles. The van der Waals surface area contributed by atoms with Gasteiger partial charge in [-0.3, -0.25) is 0 Å². The molecule has 0 radical (unpaired) electrons. The van der Waals surface area contributed by atoms with Crippen molar-refractivity contribution in [1.82, 2.24) is 0 Å². The van der Waals surface area contributed by atoms with Crippen LogP contribution >= 0.6 is 11.6 Å². The average Bonchev–Trinajstić information content (AvgIpc) is 2.98. The van der Waals surface area contributed by atoms with Gasteiger partial charge in [0.1, 0.15) is 0 Å². The summed E-state index contributed by atoms with van der Waals surface area (Å²) in [6, 6.07) is 6.34. The monoisotopic (exact) mass is 245 g/mol. The molecule has 0 amide bonds. The lowest BCUT2D eigenvalue weighted by atomic mass is 10.4. The molecule has 15 heavy (non-hydrogen) atoms. The zero-order valence-electron chi connectivity index (χ0n) is 8.11. The van der Waals surface area contributed by atoms with Gasteiger partial charge >= 0.3 is 0 Å². The van der Waals surface area contributed by atoms with Crippen molar-refractivity contribution in [2.45, 2.75) is 22.5 Å². The highest BCUT2D eigenvalue weighted by molar-refractivity contribution is 7.93. The molecule has 1 aliphatic carbocycles. The highest BCUT2D eigenvalue weighted by Crippen LogP contribution is 2.45. The zero-order valence-corrected chi connectivity index (χ0v) is 9.68. The molecule has 2 rings (SSSR count). The van der Waals surface area contributed by atoms with Crippen LogP contribution in [0.5, 0.6) is 0 Å². The first kappa shape index (κ1) is 10.9. The predicted molar refractivity (Wildman–Crippen MR) is 59.7 cm³/mol. The summed E-state index contributed by atoms with van der Waals surface area (Å²) in [7, 11) is -3.31. The van der Waals surface area contributed by atoms with E-state index in [0.29, 0.717) is 17.9 Å². The molecule has 1 aromatic rings. The fourth-order valence-electron chi connectivity index (χ4n) is 1.61. The minimum atomic E-state index is -3.31. The van der Waals surface area contributed by atoms with Gasteiger partial charge in [-0.25, -0.2) is 8.42 Å². The van der Waals surface area contributed by atoms with E-state index in [9.17, 15) is 8.42 Å². The van der Waals surface area contributed by atoms with Gasteiger partial charge in [0.25, 0.3) is 0 Å². The van der Waals surface area contributed by atoms with Gasteiger partial charge in [0.05, 0.1) is 9.64 Å². The number of benzene rings is 1. The summed E-state index contributed by atoms with van der Waals surface area (Å²) >= 11 is 5.77. The van der Waals surface area contributed by atoms with E-state index >= 15 is 0 Å². The van der Waals surface area contributed by atoms with Crippen molar-refractivity contribution in [3.63, 3.8) is 0 Å². The van der Waals surface area contributed by atoms with E-state index in [1.165, 1.54) is 6.07 Å². The zero-order chi connectivity index (χ0) is 11.1. The Morgan fingerprint density at radius 1 is 1.40 bits per heavy atom. The number of nitrogens with two attached hydrogens (primary N) is 1. The molecule has 0 bridgehead atoms. The van der Waals surface area contributed by atoms with Crippen molar-refractivity contribution < 1.29 is 8.42 Å². The molecule has 2 N–H and O–H groups in total. The van der Waals surface area contributed by atoms with Gasteiger partial charge in [-0.15, -0.1) is 0 Å². The summed E-state index contributed by atoms with van der Waals surface area (Å²) in [5.74, 6) is 0. The Morgan fingerprint density at radius 2 is 2.07 bits per heavy atom. The first-order valence-corrected chi connectivity index (χ1v) is 6.58. The third kappa shape index (κ3) is 1.67. The van der Waals surface area contributed by atoms with E-state index in [1.54, 1.807) is 18.2 Å². The van der Waals surface area contributed by atoms with Crippen LogP contribution in [0.3, 0.4) is 0 Å². The van der Waals surface area contributed by atoms with Crippen molar-refractivity contribution in [2.75, 3.05) is 6.54 Å². The van der Waals surface area contributed by atoms with E-state index < -0.39 is 14.6 Å². The largest absolute Gasteiger partial charge is 0.329 e. The lowest BCUT2D eigenvalue weighted by Crippen LogP contribution is -2.31. The minimum absolute atomic E-state index is 0.182. The van der Waals surface area contributed by atoms with E-state index in [-0.39, 0.29) is 11.4 Å². The van der Waals surface area contributed by atoms with E-state index in [1.807, 2.05) is 0 Å².